The van der Waals surface area contributed by atoms with Crippen molar-refractivity contribution in [3.8, 4) is 0 Å². The quantitative estimate of drug-likeness (QED) is 0.797. The number of nitrogens with zero attached hydrogens (tertiary/aromatic N) is 4. The van der Waals surface area contributed by atoms with Crippen LogP contribution in [0.1, 0.15) is 19.6 Å². The molecule has 7 nitrogen and oxygen atoms in total. The number of rotatable bonds is 2. The summed E-state index contributed by atoms with van der Waals surface area (Å²) in [6.45, 7) is 2.06. The summed E-state index contributed by atoms with van der Waals surface area (Å²) in [4.78, 5) is 12.2. The Morgan fingerprint density at radius 3 is 3.05 bits per heavy atom. The molecule has 0 unspecified atom stereocenters. The molecule has 1 fully saturated rings. The van der Waals surface area contributed by atoms with Gasteiger partial charge in [0.25, 0.3) is 0 Å². The van der Waals surface area contributed by atoms with Crippen LogP contribution in [-0.2, 0) is 4.74 Å². The number of anilines is 1. The Morgan fingerprint density at radius 2 is 2.37 bits per heavy atom. The Bertz CT molecular complexity index is 616. The summed E-state index contributed by atoms with van der Waals surface area (Å²) in [5, 5.41) is 9.26. The highest BCUT2D eigenvalue weighted by Crippen LogP contribution is 2.35. The summed E-state index contributed by atoms with van der Waals surface area (Å²) in [5.74, 6) is 0.489. The van der Waals surface area contributed by atoms with Gasteiger partial charge in [-0.1, -0.05) is 6.92 Å². The summed E-state index contributed by atoms with van der Waals surface area (Å²) < 4.78 is 7.57. The lowest BCUT2D eigenvalue weighted by molar-refractivity contribution is -0.0294. The molecule has 3 rings (SSSR count). The van der Waals surface area contributed by atoms with Crippen LogP contribution in [0.25, 0.3) is 11.2 Å². The van der Waals surface area contributed by atoms with Gasteiger partial charge >= 0.3 is 0 Å². The van der Waals surface area contributed by atoms with Crippen molar-refractivity contribution >= 4 is 28.6 Å². The van der Waals surface area contributed by atoms with E-state index >= 15 is 0 Å². The smallest absolute Gasteiger partial charge is 0.226 e. The first-order chi connectivity index (χ1) is 9.10. The van der Waals surface area contributed by atoms with E-state index in [4.69, 9.17) is 22.1 Å². The van der Waals surface area contributed by atoms with E-state index in [1.807, 2.05) is 0 Å². The summed E-state index contributed by atoms with van der Waals surface area (Å²) in [6.07, 6.45) is 2.02. The molecule has 0 aliphatic carbocycles. The molecule has 1 aliphatic rings. The number of fused-ring (bicyclic) bond motifs is 1. The van der Waals surface area contributed by atoms with Gasteiger partial charge < -0.3 is 15.6 Å². The number of hydrogen-bond acceptors (Lipinski definition) is 6. The number of imidazole rings is 1. The maximum Gasteiger partial charge on any atom is 0.226 e. The first kappa shape index (κ1) is 12.6. The molecular formula is C11H14ClN5O2. The first-order valence-corrected chi connectivity index (χ1v) is 6.39. The van der Waals surface area contributed by atoms with Crippen molar-refractivity contribution in [1.82, 2.24) is 19.5 Å². The van der Waals surface area contributed by atoms with Crippen LogP contribution >= 0.6 is 11.6 Å². The van der Waals surface area contributed by atoms with Crippen molar-refractivity contribution in [2.24, 2.45) is 5.92 Å². The van der Waals surface area contributed by atoms with Gasteiger partial charge in [-0.2, -0.15) is 9.97 Å². The molecule has 0 spiro atoms. The van der Waals surface area contributed by atoms with E-state index in [0.29, 0.717) is 11.2 Å². The van der Waals surface area contributed by atoms with Gasteiger partial charge in [0.05, 0.1) is 19.0 Å². The van der Waals surface area contributed by atoms with E-state index in [9.17, 15) is 5.11 Å². The highest BCUT2D eigenvalue weighted by atomic mass is 35.5. The lowest BCUT2D eigenvalue weighted by atomic mass is 10.1. The van der Waals surface area contributed by atoms with Gasteiger partial charge in [-0.3, -0.25) is 4.57 Å². The number of nitrogens with two attached hydrogens (primary N) is 1. The minimum absolute atomic E-state index is 0.00531. The second-order valence-electron chi connectivity index (χ2n) is 4.75. The van der Waals surface area contributed by atoms with Crippen LogP contribution in [0.2, 0.25) is 5.28 Å². The van der Waals surface area contributed by atoms with E-state index < -0.39 is 0 Å². The van der Waals surface area contributed by atoms with E-state index in [2.05, 4.69) is 21.9 Å². The third-order valence-electron chi connectivity index (χ3n) is 3.35. The summed E-state index contributed by atoms with van der Waals surface area (Å²) >= 11 is 5.83. The van der Waals surface area contributed by atoms with Crippen LogP contribution in [0.3, 0.4) is 0 Å². The largest absolute Gasteiger partial charge is 0.394 e. The SMILES string of the molecule is C[C@H]1C[C@@H](CO)O[C@H]1n1cnc2c(N)nc(Cl)nc21. The van der Waals surface area contributed by atoms with E-state index in [1.54, 1.807) is 10.9 Å². The zero-order valence-corrected chi connectivity index (χ0v) is 11.1. The van der Waals surface area contributed by atoms with Crippen molar-refractivity contribution in [2.45, 2.75) is 25.7 Å². The van der Waals surface area contributed by atoms with Crippen LogP contribution in [0.15, 0.2) is 6.33 Å². The van der Waals surface area contributed by atoms with E-state index in [0.717, 1.165) is 6.42 Å². The number of aliphatic hydroxyl groups is 1. The topological polar surface area (TPSA) is 99.1 Å². The van der Waals surface area contributed by atoms with Gasteiger partial charge in [0.2, 0.25) is 5.28 Å². The fourth-order valence-electron chi connectivity index (χ4n) is 2.47. The van der Waals surface area contributed by atoms with Crippen LogP contribution in [0, 0.1) is 5.92 Å². The molecular weight excluding hydrogens is 270 g/mol. The summed E-state index contributed by atoms with van der Waals surface area (Å²) in [7, 11) is 0. The van der Waals surface area contributed by atoms with Crippen molar-refractivity contribution in [3.63, 3.8) is 0 Å². The minimum atomic E-state index is -0.229. The molecule has 8 heteroatoms. The van der Waals surface area contributed by atoms with Gasteiger partial charge in [-0.25, -0.2) is 4.98 Å². The molecule has 0 radical (unpaired) electrons. The van der Waals surface area contributed by atoms with Crippen LogP contribution < -0.4 is 5.73 Å². The summed E-state index contributed by atoms with van der Waals surface area (Å²) in [5.41, 5.74) is 6.82. The normalized spacial score (nSPS) is 27.2. The van der Waals surface area contributed by atoms with Gasteiger partial charge in [-0.05, 0) is 18.0 Å². The van der Waals surface area contributed by atoms with Crippen LogP contribution in [0.5, 0.6) is 0 Å². The second kappa shape index (κ2) is 4.59. The molecule has 3 heterocycles. The Morgan fingerprint density at radius 1 is 1.58 bits per heavy atom. The highest BCUT2D eigenvalue weighted by Gasteiger charge is 2.34. The third kappa shape index (κ3) is 2.03. The highest BCUT2D eigenvalue weighted by molar-refractivity contribution is 6.28. The molecule has 19 heavy (non-hydrogen) atoms. The molecule has 1 aliphatic heterocycles. The van der Waals surface area contributed by atoms with Crippen LogP contribution in [0.4, 0.5) is 5.82 Å². The molecule has 2 aromatic rings. The fourth-order valence-corrected chi connectivity index (χ4v) is 2.64. The Hall–Kier alpha value is -1.44. The Balaban J connectivity index is 2.06. The molecule has 0 bridgehead atoms. The van der Waals surface area contributed by atoms with Crippen molar-refractivity contribution in [1.29, 1.82) is 0 Å². The number of halogens is 1. The molecule has 0 amide bonds. The number of nitrogen functional groups attached to an aromatic ring is 1. The zero-order valence-electron chi connectivity index (χ0n) is 10.3. The monoisotopic (exact) mass is 283 g/mol. The molecule has 1 saturated heterocycles. The average molecular weight is 284 g/mol. The molecule has 0 aromatic carbocycles. The predicted molar refractivity (Wildman–Crippen MR) is 69.5 cm³/mol. The Labute approximate surface area is 114 Å². The second-order valence-corrected chi connectivity index (χ2v) is 5.08. The van der Waals surface area contributed by atoms with Crippen molar-refractivity contribution in [2.75, 3.05) is 12.3 Å². The molecule has 2 aromatic heterocycles. The lowest BCUT2D eigenvalue weighted by Crippen LogP contribution is -2.15. The first-order valence-electron chi connectivity index (χ1n) is 6.02. The van der Waals surface area contributed by atoms with E-state index in [-0.39, 0.29) is 36.0 Å². The maximum absolute atomic E-state index is 9.18. The van der Waals surface area contributed by atoms with E-state index in [1.165, 1.54) is 0 Å². The molecule has 3 N–H and O–H groups in total. The standard InChI is InChI=1S/C11H14ClN5O2/c1-5-2-6(3-18)19-10(5)17-4-14-7-8(13)15-11(12)16-9(7)17/h4-6,10,18H,2-3H2,1H3,(H2,13,15,16)/t5-,6-,10+/m0/s1. The number of aromatic nitrogens is 4. The minimum Gasteiger partial charge on any atom is -0.394 e. The third-order valence-corrected chi connectivity index (χ3v) is 3.52. The number of aliphatic hydroxyl groups excluding tert-OH is 1. The fraction of sp³-hybridized carbons (Fsp3) is 0.545. The maximum atomic E-state index is 9.18. The van der Waals surface area contributed by atoms with Gasteiger partial charge in [0, 0.05) is 5.92 Å². The van der Waals surface area contributed by atoms with Gasteiger partial charge in [0.1, 0.15) is 11.7 Å². The average Bonchev–Trinajstić information content (AvgIpc) is 2.92. The van der Waals surface area contributed by atoms with Crippen LogP contribution in [-0.4, -0.2) is 37.3 Å². The molecule has 0 saturated carbocycles. The van der Waals surface area contributed by atoms with Crippen molar-refractivity contribution < 1.29 is 9.84 Å². The molecule has 3 atom stereocenters. The number of ether oxygens (including phenoxy) is 1. The molecule has 102 valence electrons. The predicted octanol–water partition coefficient (Wildman–Crippen LogP) is 0.978. The summed E-state index contributed by atoms with van der Waals surface area (Å²) in [6, 6.07) is 0. The van der Waals surface area contributed by atoms with Gasteiger partial charge in [0.15, 0.2) is 11.5 Å². The number of hydrogen-bond donors (Lipinski definition) is 2. The lowest BCUT2D eigenvalue weighted by Gasteiger charge is -2.17. The zero-order chi connectivity index (χ0) is 13.6. The van der Waals surface area contributed by atoms with Gasteiger partial charge in [-0.15, -0.1) is 0 Å². The van der Waals surface area contributed by atoms with Crippen molar-refractivity contribution in [3.05, 3.63) is 11.6 Å². The Kier molecular flexibility index (Phi) is 3.04.